The van der Waals surface area contributed by atoms with Crippen molar-refractivity contribution in [3.8, 4) is 11.5 Å². The number of nitrogens with zero attached hydrogens (tertiary/aromatic N) is 2. The van der Waals surface area contributed by atoms with Crippen molar-refractivity contribution in [3.05, 3.63) is 29.8 Å². The van der Waals surface area contributed by atoms with Gasteiger partial charge in [-0.05, 0) is 12.1 Å². The Morgan fingerprint density at radius 2 is 2.04 bits per heavy atom. The highest BCUT2D eigenvalue weighted by Crippen LogP contribution is 2.34. The quantitative estimate of drug-likeness (QED) is 0.253. The molecule has 6 N–H and O–H groups in total. The highest BCUT2D eigenvalue weighted by Gasteiger charge is 2.37. The van der Waals surface area contributed by atoms with Crippen molar-refractivity contribution in [2.45, 2.75) is 5.50 Å². The average Bonchev–Trinajstić information content (AvgIpc) is 2.60. The first-order chi connectivity index (χ1) is 12.7. The van der Waals surface area contributed by atoms with E-state index in [0.717, 1.165) is 0 Å². The van der Waals surface area contributed by atoms with E-state index >= 15 is 0 Å². The molecule has 1 atom stereocenters. The molecular formula is C15H21N5O6S. The van der Waals surface area contributed by atoms with Gasteiger partial charge in [-0.2, -0.15) is 8.42 Å². The van der Waals surface area contributed by atoms with Crippen molar-refractivity contribution in [3.63, 3.8) is 0 Å². The van der Waals surface area contributed by atoms with Gasteiger partial charge in [-0.25, -0.2) is 0 Å². The Kier molecular flexibility index (Phi) is 6.13. The van der Waals surface area contributed by atoms with E-state index in [1.54, 1.807) is 18.2 Å². The number of nitrogens with one attached hydrogen (secondary N) is 1. The van der Waals surface area contributed by atoms with Gasteiger partial charge >= 0.3 is 10.1 Å². The molecule has 1 amide bonds. The predicted molar refractivity (Wildman–Crippen MR) is 98.4 cm³/mol. The summed E-state index contributed by atoms with van der Waals surface area (Å²) in [6.45, 7) is 0.0175. The number of carbonyl (C=O) groups is 1. The van der Waals surface area contributed by atoms with Gasteiger partial charge in [0.1, 0.15) is 11.5 Å². The summed E-state index contributed by atoms with van der Waals surface area (Å²) in [5.74, 6) is -0.0123. The third-order valence-electron chi connectivity index (χ3n) is 3.73. The fraction of sp³-hybridized carbons (Fsp3) is 0.333. The van der Waals surface area contributed by atoms with E-state index in [0.29, 0.717) is 17.1 Å². The Morgan fingerprint density at radius 3 is 2.59 bits per heavy atom. The maximum absolute atomic E-state index is 12.0. The summed E-state index contributed by atoms with van der Waals surface area (Å²) in [5, 5.41) is 2.20. The molecule has 12 heteroatoms. The second-order valence-corrected chi connectivity index (χ2v) is 6.95. The van der Waals surface area contributed by atoms with Gasteiger partial charge in [-0.1, -0.05) is 0 Å². The number of carbonyl (C=O) groups excluding carboxylic acids is 1. The van der Waals surface area contributed by atoms with E-state index in [4.69, 9.17) is 20.9 Å². The number of hydrogen-bond acceptors (Lipinski definition) is 7. The fourth-order valence-corrected chi connectivity index (χ4v) is 3.38. The van der Waals surface area contributed by atoms with Crippen molar-refractivity contribution in [2.24, 2.45) is 16.5 Å². The molecule has 0 radical (unpaired) electrons. The van der Waals surface area contributed by atoms with Gasteiger partial charge in [0.2, 0.25) is 11.4 Å². The smallest absolute Gasteiger partial charge is 0.306 e. The third kappa shape index (κ3) is 4.80. The van der Waals surface area contributed by atoms with Gasteiger partial charge in [0, 0.05) is 24.3 Å². The first-order valence-electron chi connectivity index (χ1n) is 7.70. The fourth-order valence-electron chi connectivity index (χ4n) is 2.58. The lowest BCUT2D eigenvalue weighted by atomic mass is 10.1. The molecule has 0 aromatic heterocycles. The summed E-state index contributed by atoms with van der Waals surface area (Å²) in [6, 6.07) is 4.82. The largest absolute Gasteiger partial charge is 0.497 e. The Balaban J connectivity index is 2.55. The molecule has 1 aliphatic rings. The minimum atomic E-state index is -4.66. The molecule has 0 spiro atoms. The van der Waals surface area contributed by atoms with E-state index < -0.39 is 21.5 Å². The molecule has 11 nitrogen and oxygen atoms in total. The molecule has 1 unspecified atom stereocenters. The van der Waals surface area contributed by atoms with Crippen LogP contribution in [0.5, 0.6) is 11.5 Å². The minimum absolute atomic E-state index is 0.0103. The van der Waals surface area contributed by atoms with Crippen molar-refractivity contribution in [1.82, 2.24) is 10.2 Å². The molecular weight excluding hydrogens is 378 g/mol. The molecule has 0 saturated heterocycles. The summed E-state index contributed by atoms with van der Waals surface area (Å²) in [6.07, 6.45) is 1.20. The van der Waals surface area contributed by atoms with Crippen LogP contribution in [0, 0.1) is 0 Å². The molecule has 148 valence electrons. The number of rotatable bonds is 7. The number of hydrogen-bond donors (Lipinski definition) is 4. The van der Waals surface area contributed by atoms with Crippen LogP contribution in [-0.4, -0.2) is 62.5 Å². The number of benzene rings is 1. The first-order valence-corrected chi connectivity index (χ1v) is 9.20. The average molecular weight is 399 g/mol. The van der Waals surface area contributed by atoms with Gasteiger partial charge in [-0.15, -0.1) is 0 Å². The van der Waals surface area contributed by atoms with Crippen LogP contribution in [0.3, 0.4) is 0 Å². The van der Waals surface area contributed by atoms with E-state index in [1.165, 1.54) is 25.2 Å². The monoisotopic (exact) mass is 399 g/mol. The summed E-state index contributed by atoms with van der Waals surface area (Å²) >= 11 is 0. The van der Waals surface area contributed by atoms with Crippen LogP contribution in [0.1, 0.15) is 5.56 Å². The number of guanidine groups is 1. The van der Waals surface area contributed by atoms with Crippen LogP contribution in [0.15, 0.2) is 29.3 Å². The topological polar surface area (TPSA) is 170 Å². The van der Waals surface area contributed by atoms with Gasteiger partial charge in [0.25, 0.3) is 0 Å². The van der Waals surface area contributed by atoms with Crippen molar-refractivity contribution < 1.29 is 27.2 Å². The highest BCUT2D eigenvalue weighted by atomic mass is 32.2. The number of ether oxygens (including phenoxy) is 2. The summed E-state index contributed by atoms with van der Waals surface area (Å²) in [5.41, 5.74) is 9.53. The van der Waals surface area contributed by atoms with E-state index in [-0.39, 0.29) is 24.7 Å². The molecule has 0 saturated carbocycles. The Bertz CT molecular complexity index is 879. The Hall–Kier alpha value is -2.99. The molecule has 27 heavy (non-hydrogen) atoms. The van der Waals surface area contributed by atoms with Gasteiger partial charge in [0.15, 0.2) is 5.96 Å². The second kappa shape index (κ2) is 8.14. The van der Waals surface area contributed by atoms with E-state index in [9.17, 15) is 17.8 Å². The van der Waals surface area contributed by atoms with Crippen LogP contribution < -0.4 is 26.3 Å². The maximum Gasteiger partial charge on any atom is 0.306 e. The number of aliphatic imine (C=N–C) groups is 1. The van der Waals surface area contributed by atoms with E-state index in [1.807, 2.05) is 0 Å². The molecule has 1 aromatic rings. The lowest BCUT2D eigenvalue weighted by molar-refractivity contribution is -0.118. The molecule has 1 aliphatic heterocycles. The van der Waals surface area contributed by atoms with Crippen LogP contribution in [-0.2, 0) is 14.9 Å². The first kappa shape index (κ1) is 20.3. The maximum atomic E-state index is 12.0. The van der Waals surface area contributed by atoms with Crippen LogP contribution in [0.2, 0.25) is 0 Å². The zero-order chi connectivity index (χ0) is 20.2. The van der Waals surface area contributed by atoms with Gasteiger partial charge < -0.3 is 31.2 Å². The standard InChI is InChI=1S/C15H21N5O6S/c1-25-9-3-4-10(12(7-9)26-2)11-8-13(21)19-15(27(22,23)24)20(11)6-5-18-14(16)17/h3-4,7-8,15H,5-6H2,1-2H3,(H,19,21)(H4,16,17,18)(H,22,23,24). The summed E-state index contributed by atoms with van der Waals surface area (Å²) in [4.78, 5) is 17.1. The lowest BCUT2D eigenvalue weighted by Crippen LogP contribution is -2.55. The molecule has 0 fully saturated rings. The predicted octanol–water partition coefficient (Wildman–Crippen LogP) is -1.08. The van der Waals surface area contributed by atoms with Gasteiger partial charge in [0.05, 0.1) is 26.5 Å². The summed E-state index contributed by atoms with van der Waals surface area (Å²) in [7, 11) is -1.75. The lowest BCUT2D eigenvalue weighted by Gasteiger charge is -2.36. The Morgan fingerprint density at radius 1 is 1.33 bits per heavy atom. The van der Waals surface area contributed by atoms with Crippen LogP contribution >= 0.6 is 0 Å². The molecule has 0 aliphatic carbocycles. The second-order valence-electron chi connectivity index (χ2n) is 5.47. The van der Waals surface area contributed by atoms with Gasteiger partial charge in [-0.3, -0.25) is 14.3 Å². The van der Waals surface area contributed by atoms with E-state index in [2.05, 4.69) is 10.3 Å². The molecule has 2 rings (SSSR count). The van der Waals surface area contributed by atoms with Crippen molar-refractivity contribution >= 4 is 27.7 Å². The zero-order valence-electron chi connectivity index (χ0n) is 14.7. The zero-order valence-corrected chi connectivity index (χ0v) is 15.6. The molecule has 1 aromatic carbocycles. The molecule has 1 heterocycles. The number of methoxy groups -OCH3 is 2. The van der Waals surface area contributed by atoms with Crippen LogP contribution in [0.4, 0.5) is 0 Å². The Labute approximate surface area is 156 Å². The highest BCUT2D eigenvalue weighted by molar-refractivity contribution is 7.86. The minimum Gasteiger partial charge on any atom is -0.497 e. The van der Waals surface area contributed by atoms with Crippen molar-refractivity contribution in [1.29, 1.82) is 0 Å². The summed E-state index contributed by atoms with van der Waals surface area (Å²) < 4.78 is 43.6. The molecule has 0 bridgehead atoms. The number of amides is 1. The number of nitrogens with two attached hydrogens (primary N) is 2. The SMILES string of the molecule is COc1ccc(C2=CC(=O)NC(S(=O)(=O)O)N2CCN=C(N)N)c(OC)c1. The third-order valence-corrected chi connectivity index (χ3v) is 4.66. The van der Waals surface area contributed by atoms with Crippen molar-refractivity contribution in [2.75, 3.05) is 27.3 Å². The van der Waals surface area contributed by atoms with Crippen LogP contribution in [0.25, 0.3) is 5.70 Å². The normalized spacial score (nSPS) is 17.0.